The minimum atomic E-state index is -1.41. The smallest absolute Gasteiger partial charge is 0.423 e. The summed E-state index contributed by atoms with van der Waals surface area (Å²) in [5.41, 5.74) is 7.53. The Labute approximate surface area is 317 Å². The molecule has 6 aromatic rings. The van der Waals surface area contributed by atoms with Gasteiger partial charge in [0.25, 0.3) is 0 Å². The largest absolute Gasteiger partial charge is 0.488 e. The van der Waals surface area contributed by atoms with E-state index in [9.17, 15) is 0 Å². The monoisotopic (exact) mass is 964 g/mol. The van der Waals surface area contributed by atoms with Crippen LogP contribution in [0.25, 0.3) is 33.4 Å². The van der Waals surface area contributed by atoms with Crippen molar-refractivity contribution in [3.05, 3.63) is 170 Å². The molecule has 2 N–H and O–H groups in total. The van der Waals surface area contributed by atoms with E-state index in [4.69, 9.17) is 10.0 Å². The van der Waals surface area contributed by atoms with Crippen LogP contribution in [-0.2, 0) is 0 Å². The van der Waals surface area contributed by atoms with Crippen molar-refractivity contribution in [1.82, 2.24) is 0 Å². The molecule has 2 atom stereocenters. The van der Waals surface area contributed by atoms with E-state index >= 15 is 0 Å². The van der Waals surface area contributed by atoms with Crippen LogP contribution in [0.1, 0.15) is 0 Å². The average molecular weight is 967 g/mol. The highest BCUT2D eigenvalue weighted by Gasteiger charge is 2.10. The first-order valence-electron chi connectivity index (χ1n) is 13.9. The molecule has 46 heavy (non-hydrogen) atoms. The number of hydrogen-bond acceptors (Lipinski definition) is 2. The van der Waals surface area contributed by atoms with Crippen LogP contribution in [0.15, 0.2) is 167 Å². The molecule has 0 aliphatic heterocycles. The van der Waals surface area contributed by atoms with Crippen molar-refractivity contribution in [2.75, 3.05) is 0 Å². The van der Waals surface area contributed by atoms with Crippen LogP contribution in [0, 0.1) is 3.57 Å². The van der Waals surface area contributed by atoms with E-state index in [-0.39, 0.29) is 6.00 Å². The minimum absolute atomic E-state index is 0.0255. The Balaban J connectivity index is 0.000000189. The molecule has 0 fully saturated rings. The van der Waals surface area contributed by atoms with Crippen molar-refractivity contribution in [3.63, 3.8) is 0 Å². The molecule has 2 unspecified atom stereocenters. The summed E-state index contributed by atoms with van der Waals surface area (Å²) in [6, 6.07) is 52.8. The summed E-state index contributed by atoms with van der Waals surface area (Å²) in [6.45, 7) is 0. The number of hydrogen-bond donors (Lipinski definition) is 2. The van der Waals surface area contributed by atoms with Gasteiger partial charge in [-0.3, -0.25) is 0 Å². The molecule has 0 saturated carbocycles. The third-order valence-corrected chi connectivity index (χ3v) is 7.86. The Morgan fingerprint density at radius 1 is 0.478 bits per heavy atom. The second kappa shape index (κ2) is 21.7. The van der Waals surface area contributed by atoms with Crippen LogP contribution < -0.4 is 5.46 Å². The zero-order valence-electron chi connectivity index (χ0n) is 24.6. The van der Waals surface area contributed by atoms with E-state index in [1.54, 1.807) is 12.1 Å². The topological polar surface area (TPSA) is 40.5 Å². The van der Waals surface area contributed by atoms with Gasteiger partial charge in [-0.25, -0.2) is 0 Å². The molecule has 0 saturated heterocycles. The normalized spacial score (nSPS) is 9.93. The number of rotatable bonds is 4. The van der Waals surface area contributed by atoms with Gasteiger partial charge in [-0.1, -0.05) is 187 Å². The third-order valence-electron chi connectivity index (χ3n) is 6.21. The number of benzene rings is 6. The first kappa shape index (κ1) is 39.2. The SMILES string of the molecule is Brc1cccc(-c2cccc(-c3ccccc3)c2)c1.Brc1cccc(I)c1.OB(O)c1cccc(-c2ccccc2)c1.PP(P)Br. The van der Waals surface area contributed by atoms with Crippen molar-refractivity contribution >= 4 is 106 Å². The molecule has 234 valence electrons. The van der Waals surface area contributed by atoms with Crippen LogP contribution in [-0.4, -0.2) is 17.2 Å². The molecular weight excluding hydrogens is 935 g/mol. The van der Waals surface area contributed by atoms with Crippen molar-refractivity contribution in [2.24, 2.45) is 0 Å². The summed E-state index contributed by atoms with van der Waals surface area (Å²) in [4.78, 5) is 0. The first-order valence-corrected chi connectivity index (χ1v) is 23.2. The van der Waals surface area contributed by atoms with Gasteiger partial charge in [0.1, 0.15) is 0 Å². The van der Waals surface area contributed by atoms with E-state index in [0.717, 1.165) is 20.1 Å². The highest BCUT2D eigenvalue weighted by Crippen LogP contribution is 2.59. The predicted molar refractivity (Wildman–Crippen MR) is 229 cm³/mol. The van der Waals surface area contributed by atoms with Crippen molar-refractivity contribution in [1.29, 1.82) is 0 Å². The molecular formula is C36H32BBr3IO2P3. The van der Waals surface area contributed by atoms with Gasteiger partial charge in [0.05, 0.1) is 0 Å². The van der Waals surface area contributed by atoms with E-state index in [1.165, 1.54) is 25.8 Å². The number of halogens is 4. The fraction of sp³-hybridized carbons (Fsp3) is 0. The molecule has 0 aromatic heterocycles. The van der Waals surface area contributed by atoms with Gasteiger partial charge in [0.15, 0.2) is 0 Å². The summed E-state index contributed by atoms with van der Waals surface area (Å²) in [7, 11) is 3.80. The molecule has 0 amide bonds. The molecule has 0 aliphatic carbocycles. The van der Waals surface area contributed by atoms with E-state index in [1.807, 2.05) is 66.7 Å². The molecule has 0 heterocycles. The van der Waals surface area contributed by atoms with Crippen LogP contribution in [0.5, 0.6) is 0 Å². The van der Waals surface area contributed by atoms with Gasteiger partial charge in [-0.15, -0.1) is 0 Å². The maximum absolute atomic E-state index is 9.05. The zero-order chi connectivity index (χ0) is 33.3. The highest BCUT2D eigenvalue weighted by atomic mass is 127. The Hall–Kier alpha value is -1.24. The minimum Gasteiger partial charge on any atom is -0.423 e. The van der Waals surface area contributed by atoms with Gasteiger partial charge >= 0.3 is 7.12 Å². The lowest BCUT2D eigenvalue weighted by molar-refractivity contribution is 0.426. The zero-order valence-corrected chi connectivity index (χ0v) is 34.7. The van der Waals surface area contributed by atoms with E-state index < -0.39 is 7.12 Å². The summed E-state index contributed by atoms with van der Waals surface area (Å²) in [5, 5.41) is 18.1. The summed E-state index contributed by atoms with van der Waals surface area (Å²) < 4.78 is 3.51. The highest BCUT2D eigenvalue weighted by molar-refractivity contribution is 14.1. The maximum atomic E-state index is 9.05. The molecule has 6 aromatic carbocycles. The molecule has 2 nitrogen and oxygen atoms in total. The van der Waals surface area contributed by atoms with E-state index in [0.29, 0.717) is 5.46 Å². The van der Waals surface area contributed by atoms with E-state index in [2.05, 4.69) is 167 Å². The standard InChI is InChI=1S/C18H13Br.C12H11BO2.C6H4BrI.BrH4P3/c19-18-11-5-10-17(13-18)16-9-4-8-15(12-16)14-6-2-1-3-7-14;14-13(15)12-8-4-7-11(9-12)10-5-2-1-3-6-10;7-5-2-1-3-6(8)4-5;1-4(2)3/h1-13H;1-9,14-15H;1-4H;2-3H2. The predicted octanol–water partition coefficient (Wildman–Crippen LogP) is 12.2. The Morgan fingerprint density at radius 2 is 0.848 bits per heavy atom. The average Bonchev–Trinajstić information content (AvgIpc) is 3.06. The second-order valence-electron chi connectivity index (χ2n) is 9.61. The molecule has 0 radical (unpaired) electrons. The lowest BCUT2D eigenvalue weighted by Gasteiger charge is -2.06. The molecule has 0 bridgehead atoms. The van der Waals surface area contributed by atoms with Crippen LogP contribution in [0.4, 0.5) is 0 Å². The van der Waals surface area contributed by atoms with Crippen molar-refractivity contribution < 1.29 is 10.0 Å². The summed E-state index contributed by atoms with van der Waals surface area (Å²) in [6.07, 6.45) is 0. The van der Waals surface area contributed by atoms with Gasteiger partial charge in [0, 0.05) is 18.5 Å². The van der Waals surface area contributed by atoms with Crippen LogP contribution >= 0.6 is 93.8 Å². The molecule has 0 spiro atoms. The van der Waals surface area contributed by atoms with Gasteiger partial charge < -0.3 is 10.0 Å². The van der Waals surface area contributed by atoms with Gasteiger partial charge in [-0.2, -0.15) is 0 Å². The van der Waals surface area contributed by atoms with Gasteiger partial charge in [0.2, 0.25) is 0 Å². The van der Waals surface area contributed by atoms with Gasteiger partial charge in [-0.05, 0) is 97.8 Å². The van der Waals surface area contributed by atoms with Crippen molar-refractivity contribution in [2.45, 2.75) is 0 Å². The molecule has 10 heteroatoms. The Bertz CT molecular complexity index is 1750. The summed E-state index contributed by atoms with van der Waals surface area (Å²) >= 11 is 12.4. The lowest BCUT2D eigenvalue weighted by atomic mass is 9.79. The maximum Gasteiger partial charge on any atom is 0.488 e. The lowest BCUT2D eigenvalue weighted by Crippen LogP contribution is -2.29. The fourth-order valence-electron chi connectivity index (χ4n) is 4.15. The Morgan fingerprint density at radius 3 is 1.28 bits per heavy atom. The molecule has 0 aliphatic rings. The summed E-state index contributed by atoms with van der Waals surface area (Å²) in [5.74, 6) is 0. The van der Waals surface area contributed by atoms with Crippen LogP contribution in [0.2, 0.25) is 0 Å². The Kier molecular flexibility index (Phi) is 18.5. The third kappa shape index (κ3) is 14.9. The second-order valence-corrected chi connectivity index (χ2v) is 25.5. The fourth-order valence-corrected chi connectivity index (χ4v) is 5.92. The first-order chi connectivity index (χ1) is 22.1. The van der Waals surface area contributed by atoms with Crippen molar-refractivity contribution in [3.8, 4) is 33.4 Å². The quantitative estimate of drug-likeness (QED) is 0.105. The molecule has 6 rings (SSSR count). The van der Waals surface area contributed by atoms with Crippen LogP contribution in [0.3, 0.4) is 0 Å².